The van der Waals surface area contributed by atoms with Crippen molar-refractivity contribution >= 4 is 22.4 Å². The molecule has 0 amide bonds. The van der Waals surface area contributed by atoms with Gasteiger partial charge in [-0.05, 0) is 75.1 Å². The van der Waals surface area contributed by atoms with Gasteiger partial charge in [-0.1, -0.05) is 12.5 Å². The Morgan fingerprint density at radius 1 is 1.10 bits per heavy atom. The lowest BCUT2D eigenvalue weighted by molar-refractivity contribution is -0.0502. The van der Waals surface area contributed by atoms with Crippen molar-refractivity contribution in [2.75, 3.05) is 23.4 Å². The normalized spacial score (nSPS) is 19.5. The zero-order chi connectivity index (χ0) is 27.7. The fourth-order valence-electron chi connectivity index (χ4n) is 6.01. The number of fused-ring (bicyclic) bond motifs is 1. The first-order chi connectivity index (χ1) is 18.7. The monoisotopic (exact) mass is 535 g/mol. The molecular weight excluding hydrogens is 500 g/mol. The van der Waals surface area contributed by atoms with Crippen molar-refractivity contribution in [1.82, 2.24) is 9.55 Å². The maximum absolute atomic E-state index is 13.0. The van der Waals surface area contributed by atoms with Crippen LogP contribution in [0.1, 0.15) is 56.2 Å². The van der Waals surface area contributed by atoms with Crippen molar-refractivity contribution in [1.29, 1.82) is 5.26 Å². The number of anilines is 2. The molecule has 0 spiro atoms. The molecule has 2 saturated carbocycles. The topological polar surface area (TPSA) is 74.4 Å². The number of nitriles is 1. The minimum Gasteiger partial charge on any atom is -0.434 e. The molecule has 206 valence electrons. The van der Waals surface area contributed by atoms with Crippen LogP contribution < -0.4 is 20.1 Å². The number of hydrogen-bond donors (Lipinski definition) is 0. The van der Waals surface area contributed by atoms with Gasteiger partial charge in [0, 0.05) is 50.5 Å². The van der Waals surface area contributed by atoms with E-state index >= 15 is 0 Å². The van der Waals surface area contributed by atoms with Gasteiger partial charge in [-0.2, -0.15) is 14.0 Å². The predicted molar refractivity (Wildman–Crippen MR) is 149 cm³/mol. The van der Waals surface area contributed by atoms with Gasteiger partial charge in [0.05, 0.1) is 11.2 Å². The lowest BCUT2D eigenvalue weighted by Gasteiger charge is -2.44. The van der Waals surface area contributed by atoms with E-state index in [1.165, 1.54) is 19.3 Å². The van der Waals surface area contributed by atoms with E-state index in [0.29, 0.717) is 34.3 Å². The SMILES string of the molecule is Cc1ccc(N(CC2CCC2)[C@H]2CC[C@@H](N(C)c3cc(=O)n(C)c4ccc(C#N)nc34)CC2)cc1OC(F)F. The first kappa shape index (κ1) is 26.9. The summed E-state index contributed by atoms with van der Waals surface area (Å²) >= 11 is 0. The smallest absolute Gasteiger partial charge is 0.387 e. The molecule has 2 aromatic heterocycles. The van der Waals surface area contributed by atoms with Gasteiger partial charge in [0.2, 0.25) is 0 Å². The summed E-state index contributed by atoms with van der Waals surface area (Å²) in [6.07, 6.45) is 7.38. The molecule has 0 radical (unpaired) electrons. The molecule has 7 nitrogen and oxygen atoms in total. The van der Waals surface area contributed by atoms with Gasteiger partial charge in [-0.25, -0.2) is 4.98 Å². The molecular formula is C30H35F2N5O2. The number of hydrogen-bond acceptors (Lipinski definition) is 6. The molecule has 2 aliphatic carbocycles. The Labute approximate surface area is 227 Å². The third kappa shape index (κ3) is 5.56. The summed E-state index contributed by atoms with van der Waals surface area (Å²) in [7, 11) is 3.72. The Balaban J connectivity index is 1.37. The van der Waals surface area contributed by atoms with Crippen molar-refractivity contribution in [3.05, 3.63) is 58.0 Å². The van der Waals surface area contributed by atoms with Crippen LogP contribution in [0.5, 0.6) is 5.75 Å². The number of pyridine rings is 2. The van der Waals surface area contributed by atoms with Crippen LogP contribution in [0.4, 0.5) is 20.2 Å². The summed E-state index contributed by atoms with van der Waals surface area (Å²) in [5, 5.41) is 9.39. The molecule has 0 N–H and O–H groups in total. The number of nitrogens with zero attached hydrogens (tertiary/aromatic N) is 5. The summed E-state index contributed by atoms with van der Waals surface area (Å²) in [6.45, 7) is -0.147. The van der Waals surface area contributed by atoms with E-state index < -0.39 is 6.61 Å². The Morgan fingerprint density at radius 2 is 1.82 bits per heavy atom. The number of rotatable bonds is 8. The number of aromatic nitrogens is 2. The largest absolute Gasteiger partial charge is 0.434 e. The molecule has 5 rings (SSSR count). The second-order valence-electron chi connectivity index (χ2n) is 11.0. The molecule has 1 aromatic carbocycles. The highest BCUT2D eigenvalue weighted by atomic mass is 19.3. The standard InChI is InChI=1S/C30H35F2N5O2/c1-19-7-9-24(15-27(19)39-30(31)32)37(18-20-5-4-6-20)23-12-10-22(11-13-23)35(2)26-16-28(38)36(3)25-14-8-21(17-33)34-29(25)26/h7-9,14-16,20,22-23,30H,4-6,10-13,18H2,1-3H3/t22-,23+. The van der Waals surface area contributed by atoms with Crippen LogP contribution in [0.25, 0.3) is 11.0 Å². The Morgan fingerprint density at radius 3 is 2.46 bits per heavy atom. The number of alkyl halides is 2. The van der Waals surface area contributed by atoms with Crippen LogP contribution in [0.3, 0.4) is 0 Å². The maximum atomic E-state index is 13.0. The first-order valence-electron chi connectivity index (χ1n) is 13.7. The van der Waals surface area contributed by atoms with Gasteiger partial charge >= 0.3 is 6.61 Å². The van der Waals surface area contributed by atoms with Crippen molar-refractivity contribution in [2.45, 2.75) is 70.6 Å². The van der Waals surface area contributed by atoms with Gasteiger partial charge in [-0.3, -0.25) is 4.79 Å². The van der Waals surface area contributed by atoms with Gasteiger partial charge < -0.3 is 19.1 Å². The van der Waals surface area contributed by atoms with Gasteiger partial charge in [0.25, 0.3) is 5.56 Å². The molecule has 0 saturated heterocycles. The fourth-order valence-corrected chi connectivity index (χ4v) is 6.01. The summed E-state index contributed by atoms with van der Waals surface area (Å²) in [5.74, 6) is 0.856. The van der Waals surface area contributed by atoms with E-state index in [0.717, 1.165) is 43.6 Å². The van der Waals surface area contributed by atoms with Crippen molar-refractivity contribution in [3.63, 3.8) is 0 Å². The molecule has 2 fully saturated rings. The van der Waals surface area contributed by atoms with E-state index in [1.807, 2.05) is 19.2 Å². The average Bonchev–Trinajstić information content (AvgIpc) is 2.91. The zero-order valence-corrected chi connectivity index (χ0v) is 22.7. The van der Waals surface area contributed by atoms with Crippen LogP contribution in [-0.4, -0.2) is 41.8 Å². The van der Waals surface area contributed by atoms with Crippen LogP contribution >= 0.6 is 0 Å². The highest BCUT2D eigenvalue weighted by Crippen LogP contribution is 2.37. The van der Waals surface area contributed by atoms with E-state index in [2.05, 4.69) is 20.9 Å². The minimum atomic E-state index is -2.85. The lowest BCUT2D eigenvalue weighted by Crippen LogP contribution is -2.46. The Bertz CT molecular complexity index is 1440. The lowest BCUT2D eigenvalue weighted by atomic mass is 9.83. The number of aryl methyl sites for hydroxylation is 2. The summed E-state index contributed by atoms with van der Waals surface area (Å²) in [6, 6.07) is 13.3. The highest BCUT2D eigenvalue weighted by molar-refractivity contribution is 5.88. The van der Waals surface area contributed by atoms with Crippen LogP contribution in [0, 0.1) is 24.2 Å². The van der Waals surface area contributed by atoms with Gasteiger partial charge in [0.1, 0.15) is 23.0 Å². The molecule has 2 aliphatic rings. The predicted octanol–water partition coefficient (Wildman–Crippen LogP) is 5.77. The van der Waals surface area contributed by atoms with E-state index in [4.69, 9.17) is 4.74 Å². The Kier molecular flexibility index (Phi) is 7.74. The van der Waals surface area contributed by atoms with E-state index in [9.17, 15) is 18.8 Å². The molecule has 0 bridgehead atoms. The Hall–Kier alpha value is -3.67. The average molecular weight is 536 g/mol. The molecule has 0 unspecified atom stereocenters. The van der Waals surface area contributed by atoms with Crippen LogP contribution in [0.15, 0.2) is 41.2 Å². The van der Waals surface area contributed by atoms with Crippen molar-refractivity contribution in [3.8, 4) is 11.8 Å². The number of halogens is 2. The molecule has 0 atom stereocenters. The van der Waals surface area contributed by atoms with Crippen LogP contribution in [0.2, 0.25) is 0 Å². The minimum absolute atomic E-state index is 0.114. The quantitative estimate of drug-likeness (QED) is 0.365. The second-order valence-corrected chi connectivity index (χ2v) is 11.0. The van der Waals surface area contributed by atoms with E-state index in [-0.39, 0.29) is 17.4 Å². The molecule has 9 heteroatoms. The van der Waals surface area contributed by atoms with E-state index in [1.54, 1.807) is 42.8 Å². The summed E-state index contributed by atoms with van der Waals surface area (Å²) in [4.78, 5) is 21.8. The molecule has 2 heterocycles. The number of ether oxygens (including phenoxy) is 1. The van der Waals surface area contributed by atoms with Gasteiger partial charge in [0.15, 0.2) is 0 Å². The third-order valence-corrected chi connectivity index (χ3v) is 8.62. The first-order valence-corrected chi connectivity index (χ1v) is 13.7. The maximum Gasteiger partial charge on any atom is 0.387 e. The third-order valence-electron chi connectivity index (χ3n) is 8.62. The summed E-state index contributed by atoms with van der Waals surface area (Å²) < 4.78 is 32.4. The van der Waals surface area contributed by atoms with Crippen molar-refractivity contribution in [2.24, 2.45) is 13.0 Å². The summed E-state index contributed by atoms with van der Waals surface area (Å²) in [5.41, 5.74) is 3.93. The highest BCUT2D eigenvalue weighted by Gasteiger charge is 2.32. The zero-order valence-electron chi connectivity index (χ0n) is 22.7. The number of benzene rings is 1. The molecule has 39 heavy (non-hydrogen) atoms. The molecule has 3 aromatic rings. The fraction of sp³-hybridized carbons (Fsp3) is 0.500. The van der Waals surface area contributed by atoms with Crippen LogP contribution in [-0.2, 0) is 7.05 Å². The van der Waals surface area contributed by atoms with Gasteiger partial charge in [-0.15, -0.1) is 0 Å². The van der Waals surface area contributed by atoms with Crippen molar-refractivity contribution < 1.29 is 13.5 Å². The molecule has 0 aliphatic heterocycles. The second kappa shape index (κ2) is 11.2.